The third-order valence-corrected chi connectivity index (χ3v) is 2.08. The Bertz CT molecular complexity index is 207. The molecule has 84 valence electrons. The summed E-state index contributed by atoms with van der Waals surface area (Å²) in [5.74, 6) is 0. The Hall–Kier alpha value is -0.770. The van der Waals surface area contributed by atoms with E-state index in [1.165, 1.54) is 4.90 Å². The molecule has 0 aliphatic carbocycles. The number of likely N-dealkylation sites (N-methyl/N-ethyl adjacent to an activating group) is 1. The molecule has 0 radical (unpaired) electrons. The van der Waals surface area contributed by atoms with Crippen molar-refractivity contribution < 1.29 is 9.90 Å². The van der Waals surface area contributed by atoms with Crippen molar-refractivity contribution in [3.05, 3.63) is 0 Å². The van der Waals surface area contributed by atoms with Crippen LogP contribution in [-0.2, 0) is 0 Å². The molecule has 0 aromatic carbocycles. The minimum atomic E-state index is -0.532. The van der Waals surface area contributed by atoms with Crippen molar-refractivity contribution in [3.63, 3.8) is 0 Å². The first-order chi connectivity index (χ1) is 6.10. The summed E-state index contributed by atoms with van der Waals surface area (Å²) in [5, 5.41) is 11.9. The Kier molecular flexibility index (Phi) is 3.94. The second kappa shape index (κ2) is 4.17. The highest BCUT2D eigenvalue weighted by Crippen LogP contribution is 2.12. The molecular formula is C10H22N2O2. The van der Waals surface area contributed by atoms with E-state index in [2.05, 4.69) is 5.32 Å². The van der Waals surface area contributed by atoms with Crippen LogP contribution < -0.4 is 5.32 Å². The number of nitrogens with one attached hydrogen (secondary N) is 1. The quantitative estimate of drug-likeness (QED) is 0.707. The molecule has 0 rings (SSSR count). The predicted octanol–water partition coefficient (Wildman–Crippen LogP) is 1.20. The van der Waals surface area contributed by atoms with Crippen LogP contribution in [0.2, 0.25) is 0 Å². The van der Waals surface area contributed by atoms with Crippen LogP contribution in [0, 0.1) is 0 Å². The van der Waals surface area contributed by atoms with Gasteiger partial charge in [0, 0.05) is 12.6 Å². The monoisotopic (exact) mass is 202 g/mol. The molecule has 0 atom stereocenters. The van der Waals surface area contributed by atoms with E-state index in [0.717, 1.165) is 0 Å². The molecule has 2 N–H and O–H groups in total. The van der Waals surface area contributed by atoms with Crippen molar-refractivity contribution in [3.8, 4) is 0 Å². The van der Waals surface area contributed by atoms with Gasteiger partial charge in [-0.2, -0.15) is 0 Å². The number of urea groups is 1. The molecule has 0 heterocycles. The van der Waals surface area contributed by atoms with Crippen molar-refractivity contribution in [2.45, 2.75) is 45.7 Å². The van der Waals surface area contributed by atoms with Gasteiger partial charge in [-0.25, -0.2) is 4.79 Å². The molecule has 14 heavy (non-hydrogen) atoms. The zero-order valence-electron chi connectivity index (χ0n) is 10.0. The SMILES string of the molecule is CN(C(=O)NC(C)(C)C)C(C)(C)CO. The number of hydrogen-bond acceptors (Lipinski definition) is 2. The predicted molar refractivity (Wildman–Crippen MR) is 57.2 cm³/mol. The maximum atomic E-state index is 11.7. The van der Waals surface area contributed by atoms with Crippen LogP contribution in [0.5, 0.6) is 0 Å². The maximum Gasteiger partial charge on any atom is 0.318 e. The average Bonchev–Trinajstić information content (AvgIpc) is 2.00. The lowest BCUT2D eigenvalue weighted by Gasteiger charge is -2.36. The van der Waals surface area contributed by atoms with Crippen LogP contribution in [0.15, 0.2) is 0 Å². The van der Waals surface area contributed by atoms with Gasteiger partial charge in [0.1, 0.15) is 0 Å². The molecule has 2 amide bonds. The summed E-state index contributed by atoms with van der Waals surface area (Å²) in [6.07, 6.45) is 0. The van der Waals surface area contributed by atoms with Crippen LogP contribution in [0.3, 0.4) is 0 Å². The fourth-order valence-corrected chi connectivity index (χ4v) is 0.786. The summed E-state index contributed by atoms with van der Waals surface area (Å²) in [7, 11) is 1.68. The van der Waals surface area contributed by atoms with E-state index in [4.69, 9.17) is 5.11 Å². The summed E-state index contributed by atoms with van der Waals surface area (Å²) < 4.78 is 0. The summed E-state index contributed by atoms with van der Waals surface area (Å²) in [6, 6.07) is -0.170. The van der Waals surface area contributed by atoms with E-state index in [0.29, 0.717) is 0 Å². The Morgan fingerprint density at radius 1 is 1.29 bits per heavy atom. The van der Waals surface area contributed by atoms with Gasteiger partial charge in [0.05, 0.1) is 12.1 Å². The molecule has 0 saturated heterocycles. The Morgan fingerprint density at radius 3 is 2.00 bits per heavy atom. The number of aliphatic hydroxyl groups is 1. The van der Waals surface area contributed by atoms with Gasteiger partial charge >= 0.3 is 6.03 Å². The van der Waals surface area contributed by atoms with Crippen LogP contribution in [-0.4, -0.2) is 40.8 Å². The first kappa shape index (κ1) is 13.2. The van der Waals surface area contributed by atoms with Crippen molar-refractivity contribution in [1.29, 1.82) is 0 Å². The van der Waals surface area contributed by atoms with Crippen LogP contribution >= 0.6 is 0 Å². The molecule has 0 unspecified atom stereocenters. The van der Waals surface area contributed by atoms with Gasteiger partial charge in [0.15, 0.2) is 0 Å². The van der Waals surface area contributed by atoms with Gasteiger partial charge in [0.2, 0.25) is 0 Å². The standard InChI is InChI=1S/C10H22N2O2/c1-9(2,3)11-8(14)12(6)10(4,5)7-13/h13H,7H2,1-6H3,(H,11,14). The van der Waals surface area contributed by atoms with Gasteiger partial charge in [0.25, 0.3) is 0 Å². The smallest absolute Gasteiger partial charge is 0.318 e. The molecule has 0 aromatic heterocycles. The van der Waals surface area contributed by atoms with E-state index in [-0.39, 0.29) is 18.2 Å². The first-order valence-electron chi connectivity index (χ1n) is 4.77. The highest BCUT2D eigenvalue weighted by Gasteiger charge is 2.28. The van der Waals surface area contributed by atoms with Crippen LogP contribution in [0.4, 0.5) is 4.79 Å². The minimum Gasteiger partial charge on any atom is -0.394 e. The summed E-state index contributed by atoms with van der Waals surface area (Å²) in [5.41, 5.74) is -0.786. The molecule has 0 bridgehead atoms. The number of carbonyl (C=O) groups is 1. The van der Waals surface area contributed by atoms with E-state index in [9.17, 15) is 4.79 Å². The van der Waals surface area contributed by atoms with Crippen molar-refractivity contribution in [2.24, 2.45) is 0 Å². The van der Waals surface area contributed by atoms with Crippen molar-refractivity contribution >= 4 is 6.03 Å². The van der Waals surface area contributed by atoms with E-state index in [1.54, 1.807) is 7.05 Å². The second-order valence-corrected chi connectivity index (χ2v) is 5.21. The number of aliphatic hydroxyl groups excluding tert-OH is 1. The van der Waals surface area contributed by atoms with Crippen molar-refractivity contribution in [1.82, 2.24) is 10.2 Å². The normalized spacial score (nSPS) is 12.5. The number of carbonyl (C=O) groups excluding carboxylic acids is 1. The van der Waals surface area contributed by atoms with Gasteiger partial charge in [-0.15, -0.1) is 0 Å². The summed E-state index contributed by atoms with van der Waals surface area (Å²) >= 11 is 0. The Morgan fingerprint density at radius 2 is 1.71 bits per heavy atom. The molecule has 0 aliphatic heterocycles. The highest BCUT2D eigenvalue weighted by atomic mass is 16.3. The molecule has 0 aromatic rings. The summed E-state index contributed by atoms with van der Waals surface area (Å²) in [6.45, 7) is 9.34. The van der Waals surface area contributed by atoms with Gasteiger partial charge in [-0.05, 0) is 34.6 Å². The lowest BCUT2D eigenvalue weighted by Crippen LogP contribution is -2.55. The number of nitrogens with zero attached hydrogens (tertiary/aromatic N) is 1. The largest absolute Gasteiger partial charge is 0.394 e. The van der Waals surface area contributed by atoms with E-state index in [1.807, 2.05) is 34.6 Å². The lowest BCUT2D eigenvalue weighted by molar-refractivity contribution is 0.0942. The van der Waals surface area contributed by atoms with Gasteiger partial charge < -0.3 is 15.3 Å². The Labute approximate surface area is 86.3 Å². The fourth-order valence-electron chi connectivity index (χ4n) is 0.786. The van der Waals surface area contributed by atoms with Gasteiger partial charge in [-0.3, -0.25) is 0 Å². The lowest BCUT2D eigenvalue weighted by atomic mass is 10.1. The number of amides is 2. The maximum absolute atomic E-state index is 11.7. The third kappa shape index (κ3) is 3.96. The molecule has 0 saturated carbocycles. The number of hydrogen-bond donors (Lipinski definition) is 2. The van der Waals surface area contributed by atoms with Crippen molar-refractivity contribution in [2.75, 3.05) is 13.7 Å². The topological polar surface area (TPSA) is 52.6 Å². The van der Waals surface area contributed by atoms with Crippen LogP contribution in [0.1, 0.15) is 34.6 Å². The zero-order chi connectivity index (χ0) is 11.6. The Balaban J connectivity index is 4.41. The second-order valence-electron chi connectivity index (χ2n) is 5.21. The third-order valence-electron chi connectivity index (χ3n) is 2.08. The molecule has 0 aliphatic rings. The van der Waals surface area contributed by atoms with Gasteiger partial charge in [-0.1, -0.05) is 0 Å². The average molecular weight is 202 g/mol. The first-order valence-corrected chi connectivity index (χ1v) is 4.77. The minimum absolute atomic E-state index is 0.0545. The zero-order valence-corrected chi connectivity index (χ0v) is 10.0. The molecule has 0 spiro atoms. The molecule has 0 fully saturated rings. The van der Waals surface area contributed by atoms with E-state index >= 15 is 0 Å². The molecule has 4 nitrogen and oxygen atoms in total. The number of rotatable bonds is 2. The molecule has 4 heteroatoms. The fraction of sp³-hybridized carbons (Fsp3) is 0.900. The molecular weight excluding hydrogens is 180 g/mol. The van der Waals surface area contributed by atoms with Crippen LogP contribution in [0.25, 0.3) is 0 Å². The highest BCUT2D eigenvalue weighted by molar-refractivity contribution is 5.75. The van der Waals surface area contributed by atoms with E-state index < -0.39 is 5.54 Å². The summed E-state index contributed by atoms with van der Waals surface area (Å²) in [4.78, 5) is 13.2.